The van der Waals surface area contributed by atoms with E-state index >= 15 is 0 Å². The summed E-state index contributed by atoms with van der Waals surface area (Å²) in [7, 11) is 8.59. The van der Waals surface area contributed by atoms with Gasteiger partial charge in [-0.25, -0.2) is 0 Å². The molecule has 4 rings (SSSR count). The number of Topliss-reactive ketones (excluding diaryl/α,β-unsaturated/α-hetero) is 1. The molecule has 2 unspecified atom stereocenters. The quantitative estimate of drug-likeness (QED) is 0.633. The number of nitrogens with zero attached hydrogens (tertiary/aromatic N) is 1. The number of ketones is 1. The van der Waals surface area contributed by atoms with Crippen molar-refractivity contribution in [2.75, 3.05) is 35.5 Å². The molecule has 0 aromatic heterocycles. The van der Waals surface area contributed by atoms with E-state index in [9.17, 15) is 4.79 Å². The molecule has 2 aliphatic rings. The van der Waals surface area contributed by atoms with E-state index in [2.05, 4.69) is 11.9 Å². The van der Waals surface area contributed by atoms with Crippen LogP contribution < -0.4 is 18.9 Å². The van der Waals surface area contributed by atoms with Gasteiger partial charge in [0, 0.05) is 40.4 Å². The molecule has 6 nitrogen and oxygen atoms in total. The lowest BCUT2D eigenvalue weighted by atomic mass is 9.88. The molecule has 2 aliphatic heterocycles. The summed E-state index contributed by atoms with van der Waals surface area (Å²) < 4.78 is 21.8. The van der Waals surface area contributed by atoms with Crippen LogP contribution in [0.3, 0.4) is 0 Å². The molecule has 0 saturated carbocycles. The van der Waals surface area contributed by atoms with Crippen LogP contribution in [-0.2, 0) is 4.79 Å². The van der Waals surface area contributed by atoms with Crippen molar-refractivity contribution in [1.29, 1.82) is 0 Å². The summed E-state index contributed by atoms with van der Waals surface area (Å²) in [4.78, 5) is 16.0. The molecule has 0 radical (unpaired) electrons. The van der Waals surface area contributed by atoms with Gasteiger partial charge in [0.2, 0.25) is 0 Å². The molecule has 2 heterocycles. The number of hydrogen-bond donors (Lipinski definition) is 0. The minimum atomic E-state index is 0.0679. The van der Waals surface area contributed by atoms with Crippen molar-refractivity contribution in [1.82, 2.24) is 4.90 Å². The van der Waals surface area contributed by atoms with Crippen molar-refractivity contribution < 1.29 is 23.7 Å². The second kappa shape index (κ2) is 9.09. The Balaban J connectivity index is 1.80. The first-order chi connectivity index (χ1) is 15.5. The second-order valence-corrected chi connectivity index (χ2v) is 8.02. The van der Waals surface area contributed by atoms with E-state index in [0.29, 0.717) is 17.2 Å². The van der Waals surface area contributed by atoms with Gasteiger partial charge < -0.3 is 18.9 Å². The smallest absolute Gasteiger partial charge is 0.188 e. The molecule has 0 N–H and O–H groups in total. The highest BCUT2D eigenvalue weighted by molar-refractivity contribution is 6.16. The number of methoxy groups -OCH3 is 4. The third-order valence-corrected chi connectivity index (χ3v) is 6.44. The lowest BCUT2D eigenvalue weighted by molar-refractivity contribution is -0.114. The molecule has 2 bridgehead atoms. The maximum Gasteiger partial charge on any atom is 0.188 e. The number of likely N-dealkylation sites (N-methyl/N-ethyl adjacent to an activating group) is 1. The first-order valence-corrected chi connectivity index (χ1v) is 10.6. The molecule has 168 valence electrons. The molecule has 0 spiro atoms. The van der Waals surface area contributed by atoms with E-state index in [-0.39, 0.29) is 17.9 Å². The van der Waals surface area contributed by atoms with Crippen molar-refractivity contribution in [3.05, 3.63) is 58.7 Å². The van der Waals surface area contributed by atoms with Crippen molar-refractivity contribution >= 4 is 17.9 Å². The van der Waals surface area contributed by atoms with Gasteiger partial charge in [-0.1, -0.05) is 0 Å². The molecule has 2 aromatic rings. The summed E-state index contributed by atoms with van der Waals surface area (Å²) in [6.07, 6.45) is 5.78. The number of ether oxygens (including phenoxy) is 4. The number of carbonyl (C=O) groups excluding carboxylic acids is 1. The lowest BCUT2D eigenvalue weighted by Gasteiger charge is -2.34. The fourth-order valence-corrected chi connectivity index (χ4v) is 4.71. The standard InChI is InChI=1S/C26H29NO5/c1-27-22-9-10-23(27)21(14-17-12-18(29-2)8-11-24(17)31-4)26(28)20(22)13-16-6-7-19(30-3)15-25(16)32-5/h6-8,11-15,22-23H,9-10H2,1-5H3/b20-13-,21-14+. The van der Waals surface area contributed by atoms with Crippen LogP contribution in [0, 0.1) is 0 Å². The topological polar surface area (TPSA) is 57.2 Å². The van der Waals surface area contributed by atoms with Gasteiger partial charge in [0.1, 0.15) is 23.0 Å². The molecule has 0 aliphatic carbocycles. The summed E-state index contributed by atoms with van der Waals surface area (Å²) in [6, 6.07) is 11.4. The van der Waals surface area contributed by atoms with Gasteiger partial charge in [0.25, 0.3) is 0 Å². The van der Waals surface area contributed by atoms with Crippen LogP contribution in [0.2, 0.25) is 0 Å². The average Bonchev–Trinajstić information content (AvgIpc) is 3.14. The third kappa shape index (κ3) is 3.86. The fourth-order valence-electron chi connectivity index (χ4n) is 4.71. The highest BCUT2D eigenvalue weighted by Gasteiger charge is 2.44. The van der Waals surface area contributed by atoms with Crippen LogP contribution in [-0.4, -0.2) is 58.3 Å². The number of benzene rings is 2. The monoisotopic (exact) mass is 435 g/mol. The van der Waals surface area contributed by atoms with Crippen molar-refractivity contribution in [3.8, 4) is 23.0 Å². The number of fused-ring (bicyclic) bond motifs is 2. The van der Waals surface area contributed by atoms with E-state index < -0.39 is 0 Å². The highest BCUT2D eigenvalue weighted by atomic mass is 16.5. The maximum atomic E-state index is 13.7. The molecule has 0 amide bonds. The van der Waals surface area contributed by atoms with Crippen LogP contribution in [0.15, 0.2) is 47.5 Å². The summed E-state index contributed by atoms with van der Waals surface area (Å²) in [5.74, 6) is 2.88. The molecule has 2 atom stereocenters. The van der Waals surface area contributed by atoms with Gasteiger partial charge in [-0.05, 0) is 62.4 Å². The van der Waals surface area contributed by atoms with Gasteiger partial charge in [-0.2, -0.15) is 0 Å². The van der Waals surface area contributed by atoms with Crippen LogP contribution >= 0.6 is 0 Å². The lowest BCUT2D eigenvalue weighted by Crippen LogP contribution is -2.43. The van der Waals surface area contributed by atoms with Gasteiger partial charge in [-0.15, -0.1) is 0 Å². The SMILES string of the molecule is COc1ccc(OC)c(/C=C2/C(=O)/C(=C\c3ccc(OC)cc3OC)C3CCC2N3C)c1. The first-order valence-electron chi connectivity index (χ1n) is 10.6. The molecule has 2 fully saturated rings. The Bertz CT molecular complexity index is 1090. The molecule has 2 saturated heterocycles. The van der Waals surface area contributed by atoms with Gasteiger partial charge >= 0.3 is 0 Å². The van der Waals surface area contributed by atoms with Gasteiger partial charge in [0.05, 0.1) is 28.4 Å². The molecule has 32 heavy (non-hydrogen) atoms. The number of carbonyl (C=O) groups is 1. The minimum absolute atomic E-state index is 0.0679. The van der Waals surface area contributed by atoms with Crippen molar-refractivity contribution in [2.24, 2.45) is 0 Å². The largest absolute Gasteiger partial charge is 0.497 e. The Morgan fingerprint density at radius 3 is 1.91 bits per heavy atom. The van der Waals surface area contributed by atoms with E-state index in [0.717, 1.165) is 40.9 Å². The third-order valence-electron chi connectivity index (χ3n) is 6.44. The molecule has 2 aromatic carbocycles. The van der Waals surface area contributed by atoms with Gasteiger partial charge in [-0.3, -0.25) is 9.69 Å². The number of hydrogen-bond acceptors (Lipinski definition) is 6. The molecular formula is C26H29NO5. The Morgan fingerprint density at radius 1 is 0.750 bits per heavy atom. The van der Waals surface area contributed by atoms with E-state index in [1.54, 1.807) is 28.4 Å². The fraction of sp³-hybridized carbons (Fsp3) is 0.346. The summed E-state index contributed by atoms with van der Waals surface area (Å²) in [5, 5.41) is 0. The molecular weight excluding hydrogens is 406 g/mol. The predicted molar refractivity (Wildman–Crippen MR) is 125 cm³/mol. The van der Waals surface area contributed by atoms with Crippen LogP contribution in [0.1, 0.15) is 24.0 Å². The minimum Gasteiger partial charge on any atom is -0.497 e. The van der Waals surface area contributed by atoms with Gasteiger partial charge in [0.15, 0.2) is 5.78 Å². The van der Waals surface area contributed by atoms with Crippen LogP contribution in [0.4, 0.5) is 0 Å². The first kappa shape index (κ1) is 22.0. The van der Waals surface area contributed by atoms with Crippen molar-refractivity contribution in [3.63, 3.8) is 0 Å². The van der Waals surface area contributed by atoms with Crippen LogP contribution in [0.25, 0.3) is 12.2 Å². The predicted octanol–water partition coefficient (Wildman–Crippen LogP) is 4.23. The summed E-state index contributed by atoms with van der Waals surface area (Å²) in [5.41, 5.74) is 3.23. The van der Waals surface area contributed by atoms with Crippen molar-refractivity contribution in [2.45, 2.75) is 24.9 Å². The Hall–Kier alpha value is -3.25. The second-order valence-electron chi connectivity index (χ2n) is 8.02. The molecule has 6 heteroatoms. The highest BCUT2D eigenvalue weighted by Crippen LogP contribution is 2.42. The Labute approximate surface area is 189 Å². The van der Waals surface area contributed by atoms with E-state index in [4.69, 9.17) is 18.9 Å². The summed E-state index contributed by atoms with van der Waals surface area (Å²) in [6.45, 7) is 0. The van der Waals surface area contributed by atoms with Crippen LogP contribution in [0.5, 0.6) is 23.0 Å². The maximum absolute atomic E-state index is 13.7. The normalized spacial score (nSPS) is 23.0. The summed E-state index contributed by atoms with van der Waals surface area (Å²) >= 11 is 0. The van der Waals surface area contributed by atoms with E-state index in [1.165, 1.54) is 0 Å². The number of rotatable bonds is 6. The Morgan fingerprint density at radius 2 is 1.31 bits per heavy atom. The zero-order valence-electron chi connectivity index (χ0n) is 19.2. The zero-order chi connectivity index (χ0) is 22.8. The van der Waals surface area contributed by atoms with E-state index in [1.807, 2.05) is 48.6 Å². The Kier molecular flexibility index (Phi) is 6.24. The number of piperidine rings is 1. The zero-order valence-corrected chi connectivity index (χ0v) is 19.2. The average molecular weight is 436 g/mol.